The first-order valence-corrected chi connectivity index (χ1v) is 6.53. The van der Waals surface area contributed by atoms with E-state index in [2.05, 4.69) is 33.0 Å². The molecule has 0 spiro atoms. The summed E-state index contributed by atoms with van der Waals surface area (Å²) in [4.78, 5) is 0. The zero-order valence-electron chi connectivity index (χ0n) is 11.3. The number of nitrogens with two attached hydrogens (primary N) is 1. The van der Waals surface area contributed by atoms with Crippen LogP contribution in [0.1, 0.15) is 40.5 Å². The van der Waals surface area contributed by atoms with E-state index in [-0.39, 0.29) is 5.41 Å². The van der Waals surface area contributed by atoms with Crippen LogP contribution in [0.5, 0.6) is 0 Å². The quantitative estimate of drug-likeness (QED) is 0.653. The van der Waals surface area contributed by atoms with E-state index >= 15 is 0 Å². The number of nitrogens with one attached hydrogen (secondary N) is 1. The second-order valence-corrected chi connectivity index (χ2v) is 5.92. The van der Waals surface area contributed by atoms with Gasteiger partial charge in [-0.25, -0.2) is 0 Å². The average molecular weight is 228 g/mol. The Kier molecular flexibility index (Phi) is 5.22. The normalized spacial score (nSPS) is 28.1. The summed E-state index contributed by atoms with van der Waals surface area (Å²) < 4.78 is 5.93. The van der Waals surface area contributed by atoms with E-state index in [0.29, 0.717) is 18.1 Å². The lowest BCUT2D eigenvalue weighted by atomic mass is 9.64. The summed E-state index contributed by atoms with van der Waals surface area (Å²) in [7, 11) is 0. The lowest BCUT2D eigenvalue weighted by molar-refractivity contribution is -0.123. The summed E-state index contributed by atoms with van der Waals surface area (Å²) in [5.74, 6) is 0.625. The Labute approximate surface area is 100 Å². The van der Waals surface area contributed by atoms with E-state index < -0.39 is 0 Å². The summed E-state index contributed by atoms with van der Waals surface area (Å²) in [6, 6.07) is 0.594. The number of hydrogen-bond acceptors (Lipinski definition) is 3. The van der Waals surface area contributed by atoms with E-state index in [9.17, 15) is 0 Å². The minimum atomic E-state index is 0.267. The third-order valence-corrected chi connectivity index (χ3v) is 3.58. The third kappa shape index (κ3) is 3.44. The van der Waals surface area contributed by atoms with Gasteiger partial charge in [0.2, 0.25) is 0 Å². The first-order chi connectivity index (χ1) is 7.48. The smallest absolute Gasteiger partial charge is 0.0656 e. The van der Waals surface area contributed by atoms with Crippen molar-refractivity contribution < 1.29 is 4.74 Å². The van der Waals surface area contributed by atoms with Crippen molar-refractivity contribution in [2.24, 2.45) is 17.1 Å². The Morgan fingerprint density at radius 1 is 1.44 bits per heavy atom. The standard InChI is InChI=1S/C13H28N2O/c1-10(2)9-16-12-8-11(13(12,3)4)15-7-5-6-14/h10-12,15H,5-9,14H2,1-4H3. The fraction of sp³-hybridized carbons (Fsp3) is 1.00. The molecule has 96 valence electrons. The minimum absolute atomic E-state index is 0.267. The molecule has 0 bridgehead atoms. The van der Waals surface area contributed by atoms with E-state index in [1.807, 2.05) is 0 Å². The molecule has 0 heterocycles. The molecule has 1 aliphatic carbocycles. The number of ether oxygens (including phenoxy) is 1. The molecule has 1 fully saturated rings. The van der Waals surface area contributed by atoms with Crippen LogP contribution < -0.4 is 11.1 Å². The molecular formula is C13H28N2O. The van der Waals surface area contributed by atoms with Crippen LogP contribution in [0.15, 0.2) is 0 Å². The van der Waals surface area contributed by atoms with E-state index in [1.165, 1.54) is 0 Å². The van der Waals surface area contributed by atoms with Gasteiger partial charge in [-0.15, -0.1) is 0 Å². The van der Waals surface area contributed by atoms with Crippen LogP contribution in [0.3, 0.4) is 0 Å². The van der Waals surface area contributed by atoms with Gasteiger partial charge in [-0.05, 0) is 31.8 Å². The van der Waals surface area contributed by atoms with E-state index in [4.69, 9.17) is 10.5 Å². The highest BCUT2D eigenvalue weighted by atomic mass is 16.5. The third-order valence-electron chi connectivity index (χ3n) is 3.58. The molecule has 0 aliphatic heterocycles. The van der Waals surface area contributed by atoms with Crippen LogP contribution in [0, 0.1) is 11.3 Å². The summed E-state index contributed by atoms with van der Waals surface area (Å²) >= 11 is 0. The Bertz CT molecular complexity index is 204. The summed E-state index contributed by atoms with van der Waals surface area (Å²) in [6.45, 7) is 11.7. The van der Waals surface area contributed by atoms with Gasteiger partial charge in [0.1, 0.15) is 0 Å². The fourth-order valence-corrected chi connectivity index (χ4v) is 2.20. The molecule has 3 nitrogen and oxygen atoms in total. The van der Waals surface area contributed by atoms with Gasteiger partial charge in [0.15, 0.2) is 0 Å². The lowest BCUT2D eigenvalue weighted by Crippen LogP contribution is -2.61. The predicted molar refractivity (Wildman–Crippen MR) is 68.4 cm³/mol. The van der Waals surface area contributed by atoms with Gasteiger partial charge >= 0.3 is 0 Å². The second-order valence-electron chi connectivity index (χ2n) is 5.92. The van der Waals surface area contributed by atoms with Crippen molar-refractivity contribution in [3.63, 3.8) is 0 Å². The molecule has 16 heavy (non-hydrogen) atoms. The molecule has 2 unspecified atom stereocenters. The Hall–Kier alpha value is -0.120. The highest BCUT2D eigenvalue weighted by molar-refractivity contribution is 5.02. The van der Waals surface area contributed by atoms with Crippen molar-refractivity contribution in [1.82, 2.24) is 5.32 Å². The van der Waals surface area contributed by atoms with Crippen molar-refractivity contribution in [2.75, 3.05) is 19.7 Å². The molecule has 2 atom stereocenters. The first-order valence-electron chi connectivity index (χ1n) is 6.53. The molecule has 0 aromatic rings. The molecule has 0 aromatic carbocycles. The molecule has 1 aliphatic rings. The second kappa shape index (κ2) is 5.99. The van der Waals surface area contributed by atoms with Crippen molar-refractivity contribution in [3.8, 4) is 0 Å². The van der Waals surface area contributed by atoms with E-state index in [1.54, 1.807) is 0 Å². The van der Waals surface area contributed by atoms with Crippen LogP contribution in [0.4, 0.5) is 0 Å². The lowest BCUT2D eigenvalue weighted by Gasteiger charge is -2.52. The van der Waals surface area contributed by atoms with Gasteiger partial charge in [0.25, 0.3) is 0 Å². The van der Waals surface area contributed by atoms with Gasteiger partial charge in [0.05, 0.1) is 6.10 Å². The maximum Gasteiger partial charge on any atom is 0.0656 e. The Morgan fingerprint density at radius 3 is 2.62 bits per heavy atom. The van der Waals surface area contributed by atoms with Gasteiger partial charge in [0, 0.05) is 18.1 Å². The summed E-state index contributed by atoms with van der Waals surface area (Å²) in [6.07, 6.45) is 2.62. The molecule has 0 saturated heterocycles. The average Bonchev–Trinajstić information content (AvgIpc) is 2.20. The molecular weight excluding hydrogens is 200 g/mol. The number of rotatable bonds is 7. The van der Waals surface area contributed by atoms with Crippen LogP contribution in [-0.2, 0) is 4.74 Å². The maximum absolute atomic E-state index is 5.93. The van der Waals surface area contributed by atoms with Crippen LogP contribution in [-0.4, -0.2) is 31.8 Å². The van der Waals surface area contributed by atoms with Gasteiger partial charge in [-0.3, -0.25) is 0 Å². The molecule has 1 rings (SSSR count). The monoisotopic (exact) mass is 228 g/mol. The maximum atomic E-state index is 5.93. The minimum Gasteiger partial charge on any atom is -0.377 e. The molecule has 3 N–H and O–H groups in total. The SMILES string of the molecule is CC(C)COC1CC(NCCCN)C1(C)C. The van der Waals surface area contributed by atoms with Crippen LogP contribution in [0.2, 0.25) is 0 Å². The molecule has 3 heteroatoms. The fourth-order valence-electron chi connectivity index (χ4n) is 2.20. The summed E-state index contributed by atoms with van der Waals surface area (Å²) in [5.41, 5.74) is 5.75. The zero-order valence-corrected chi connectivity index (χ0v) is 11.3. The van der Waals surface area contributed by atoms with Gasteiger partial charge in [-0.2, -0.15) is 0 Å². The zero-order chi connectivity index (χ0) is 12.2. The van der Waals surface area contributed by atoms with Crippen molar-refractivity contribution in [1.29, 1.82) is 0 Å². The Morgan fingerprint density at radius 2 is 2.12 bits per heavy atom. The number of hydrogen-bond donors (Lipinski definition) is 2. The predicted octanol–water partition coefficient (Wildman–Crippen LogP) is 1.76. The molecule has 0 aromatic heterocycles. The van der Waals surface area contributed by atoms with Gasteiger partial charge < -0.3 is 15.8 Å². The van der Waals surface area contributed by atoms with Crippen LogP contribution >= 0.6 is 0 Å². The Balaban J connectivity index is 2.24. The molecule has 0 amide bonds. The van der Waals surface area contributed by atoms with Crippen molar-refractivity contribution >= 4 is 0 Å². The topological polar surface area (TPSA) is 47.3 Å². The van der Waals surface area contributed by atoms with E-state index in [0.717, 1.165) is 32.5 Å². The van der Waals surface area contributed by atoms with Crippen molar-refractivity contribution in [3.05, 3.63) is 0 Å². The first kappa shape index (κ1) is 13.9. The molecule has 0 radical (unpaired) electrons. The summed E-state index contributed by atoms with van der Waals surface area (Å²) in [5, 5.41) is 3.57. The highest BCUT2D eigenvalue weighted by Gasteiger charge is 2.48. The van der Waals surface area contributed by atoms with Crippen LogP contribution in [0.25, 0.3) is 0 Å². The largest absolute Gasteiger partial charge is 0.377 e. The highest BCUT2D eigenvalue weighted by Crippen LogP contribution is 2.42. The van der Waals surface area contributed by atoms with Gasteiger partial charge in [-0.1, -0.05) is 27.7 Å². The molecule has 1 saturated carbocycles. The van der Waals surface area contributed by atoms with Crippen molar-refractivity contribution in [2.45, 2.75) is 52.7 Å².